The van der Waals surface area contributed by atoms with Gasteiger partial charge in [0.1, 0.15) is 5.01 Å². The molecule has 1 aliphatic heterocycles. The fourth-order valence-corrected chi connectivity index (χ4v) is 4.35. The standard InChI is InChI=1S/C21H21N3O2S/c1-14-5-10-17-18(13-14)27-20(23-17)15-6-8-16(9-7-15)22-19(25)21(26)24-11-3-2-4-12-24/h5-10,13H,2-4,11-12H2,1H3,(H,22,25). The van der Waals surface area contributed by atoms with E-state index in [9.17, 15) is 9.59 Å². The van der Waals surface area contributed by atoms with E-state index in [1.807, 2.05) is 30.3 Å². The van der Waals surface area contributed by atoms with Gasteiger partial charge in [0, 0.05) is 24.3 Å². The van der Waals surface area contributed by atoms with Gasteiger partial charge in [-0.3, -0.25) is 9.59 Å². The molecule has 4 rings (SSSR count). The molecule has 1 aromatic heterocycles. The Balaban J connectivity index is 1.46. The van der Waals surface area contributed by atoms with Crippen LogP contribution in [0.2, 0.25) is 0 Å². The van der Waals surface area contributed by atoms with E-state index in [2.05, 4.69) is 29.4 Å². The van der Waals surface area contributed by atoms with E-state index in [-0.39, 0.29) is 0 Å². The van der Waals surface area contributed by atoms with Gasteiger partial charge >= 0.3 is 11.8 Å². The highest BCUT2D eigenvalue weighted by Gasteiger charge is 2.23. The van der Waals surface area contributed by atoms with Crippen LogP contribution >= 0.6 is 11.3 Å². The highest BCUT2D eigenvalue weighted by Crippen LogP contribution is 2.31. The molecular weight excluding hydrogens is 358 g/mol. The average molecular weight is 379 g/mol. The molecule has 1 N–H and O–H groups in total. The summed E-state index contributed by atoms with van der Waals surface area (Å²) in [6.07, 6.45) is 3.06. The number of aryl methyl sites for hydroxylation is 1. The fraction of sp³-hybridized carbons (Fsp3) is 0.286. The number of carbonyl (C=O) groups is 2. The van der Waals surface area contributed by atoms with Crippen molar-refractivity contribution in [2.75, 3.05) is 18.4 Å². The lowest BCUT2D eigenvalue weighted by molar-refractivity contribution is -0.143. The number of hydrogen-bond acceptors (Lipinski definition) is 4. The Kier molecular flexibility index (Phi) is 4.90. The van der Waals surface area contributed by atoms with Gasteiger partial charge in [0.15, 0.2) is 0 Å². The molecule has 5 nitrogen and oxygen atoms in total. The first-order valence-electron chi connectivity index (χ1n) is 9.18. The number of likely N-dealkylation sites (tertiary alicyclic amines) is 1. The first-order chi connectivity index (χ1) is 13.1. The van der Waals surface area contributed by atoms with Gasteiger partial charge in [-0.05, 0) is 68.1 Å². The molecule has 6 heteroatoms. The predicted octanol–water partition coefficient (Wildman–Crippen LogP) is 4.22. The van der Waals surface area contributed by atoms with Crippen LogP contribution in [0.25, 0.3) is 20.8 Å². The van der Waals surface area contributed by atoms with Crippen molar-refractivity contribution >= 4 is 39.1 Å². The fourth-order valence-electron chi connectivity index (χ4n) is 3.28. The molecule has 0 radical (unpaired) electrons. The maximum Gasteiger partial charge on any atom is 0.313 e. The Labute approximate surface area is 162 Å². The van der Waals surface area contributed by atoms with Crippen LogP contribution in [0.5, 0.6) is 0 Å². The maximum atomic E-state index is 12.2. The van der Waals surface area contributed by atoms with Crippen molar-refractivity contribution in [3.8, 4) is 10.6 Å². The molecule has 0 saturated carbocycles. The topological polar surface area (TPSA) is 62.3 Å². The number of carbonyl (C=O) groups excluding carboxylic acids is 2. The highest BCUT2D eigenvalue weighted by atomic mass is 32.1. The molecule has 1 saturated heterocycles. The highest BCUT2D eigenvalue weighted by molar-refractivity contribution is 7.21. The summed E-state index contributed by atoms with van der Waals surface area (Å²) in [5, 5.41) is 3.65. The van der Waals surface area contributed by atoms with Crippen LogP contribution in [-0.2, 0) is 9.59 Å². The molecule has 0 unspecified atom stereocenters. The Hall–Kier alpha value is -2.73. The molecule has 1 fully saturated rings. The summed E-state index contributed by atoms with van der Waals surface area (Å²) in [6.45, 7) is 3.41. The van der Waals surface area contributed by atoms with E-state index in [0.29, 0.717) is 18.8 Å². The van der Waals surface area contributed by atoms with E-state index < -0.39 is 11.8 Å². The number of aromatic nitrogens is 1. The first kappa shape index (κ1) is 17.7. The van der Waals surface area contributed by atoms with Gasteiger partial charge in [0.25, 0.3) is 0 Å². The predicted molar refractivity (Wildman–Crippen MR) is 109 cm³/mol. The van der Waals surface area contributed by atoms with E-state index >= 15 is 0 Å². The molecule has 27 heavy (non-hydrogen) atoms. The van der Waals surface area contributed by atoms with Gasteiger partial charge in [-0.1, -0.05) is 6.07 Å². The normalized spacial score (nSPS) is 14.3. The number of nitrogens with one attached hydrogen (secondary N) is 1. The van der Waals surface area contributed by atoms with E-state index in [0.717, 1.165) is 40.1 Å². The smallest absolute Gasteiger partial charge is 0.313 e. The molecule has 0 spiro atoms. The molecule has 0 bridgehead atoms. The van der Waals surface area contributed by atoms with Gasteiger partial charge in [0.05, 0.1) is 10.2 Å². The van der Waals surface area contributed by atoms with Crippen molar-refractivity contribution in [3.05, 3.63) is 48.0 Å². The van der Waals surface area contributed by atoms with E-state index in [1.165, 1.54) is 5.56 Å². The molecule has 138 valence electrons. The zero-order valence-corrected chi connectivity index (χ0v) is 16.0. The molecule has 2 amide bonds. The largest absolute Gasteiger partial charge is 0.334 e. The number of anilines is 1. The number of fused-ring (bicyclic) bond motifs is 1. The first-order valence-corrected chi connectivity index (χ1v) is 10.00. The van der Waals surface area contributed by atoms with Crippen molar-refractivity contribution in [1.82, 2.24) is 9.88 Å². The van der Waals surface area contributed by atoms with Crippen molar-refractivity contribution in [3.63, 3.8) is 0 Å². The van der Waals surface area contributed by atoms with Gasteiger partial charge in [-0.15, -0.1) is 11.3 Å². The third-order valence-electron chi connectivity index (χ3n) is 4.77. The third-order valence-corrected chi connectivity index (χ3v) is 5.84. The Morgan fingerprint density at radius 1 is 1.04 bits per heavy atom. The van der Waals surface area contributed by atoms with Gasteiger partial charge in [-0.2, -0.15) is 0 Å². The lowest BCUT2D eigenvalue weighted by Crippen LogP contribution is -2.42. The lowest BCUT2D eigenvalue weighted by atomic mass is 10.1. The number of amides is 2. The number of nitrogens with zero attached hydrogens (tertiary/aromatic N) is 2. The van der Waals surface area contributed by atoms with E-state index in [1.54, 1.807) is 16.2 Å². The van der Waals surface area contributed by atoms with Crippen LogP contribution in [-0.4, -0.2) is 34.8 Å². The van der Waals surface area contributed by atoms with Crippen molar-refractivity contribution in [2.45, 2.75) is 26.2 Å². The zero-order valence-electron chi connectivity index (χ0n) is 15.2. The van der Waals surface area contributed by atoms with Crippen LogP contribution in [0.1, 0.15) is 24.8 Å². The van der Waals surface area contributed by atoms with Crippen molar-refractivity contribution in [1.29, 1.82) is 0 Å². The summed E-state index contributed by atoms with van der Waals surface area (Å²) in [5.74, 6) is -1.01. The number of benzene rings is 2. The monoisotopic (exact) mass is 379 g/mol. The Morgan fingerprint density at radius 2 is 1.78 bits per heavy atom. The minimum Gasteiger partial charge on any atom is -0.334 e. The van der Waals surface area contributed by atoms with Crippen LogP contribution in [0.4, 0.5) is 5.69 Å². The minimum atomic E-state index is -0.569. The molecule has 3 aromatic rings. The average Bonchev–Trinajstić information content (AvgIpc) is 3.11. The second-order valence-electron chi connectivity index (χ2n) is 6.87. The second kappa shape index (κ2) is 7.48. The minimum absolute atomic E-state index is 0.444. The molecule has 0 aliphatic carbocycles. The number of piperidine rings is 1. The molecular formula is C21H21N3O2S. The summed E-state index contributed by atoms with van der Waals surface area (Å²) in [7, 11) is 0. The second-order valence-corrected chi connectivity index (χ2v) is 7.91. The van der Waals surface area contributed by atoms with Crippen LogP contribution in [0, 0.1) is 6.92 Å². The van der Waals surface area contributed by atoms with E-state index in [4.69, 9.17) is 0 Å². The van der Waals surface area contributed by atoms with Crippen LogP contribution in [0.15, 0.2) is 42.5 Å². The summed E-state index contributed by atoms with van der Waals surface area (Å²) in [5.41, 5.74) is 3.82. The van der Waals surface area contributed by atoms with Gasteiger partial charge in [0.2, 0.25) is 0 Å². The van der Waals surface area contributed by atoms with Crippen LogP contribution < -0.4 is 5.32 Å². The van der Waals surface area contributed by atoms with Crippen molar-refractivity contribution in [2.24, 2.45) is 0 Å². The summed E-state index contributed by atoms with van der Waals surface area (Å²) < 4.78 is 1.16. The van der Waals surface area contributed by atoms with Gasteiger partial charge in [-0.25, -0.2) is 4.98 Å². The molecule has 2 aromatic carbocycles. The maximum absolute atomic E-state index is 12.2. The zero-order chi connectivity index (χ0) is 18.8. The molecule has 2 heterocycles. The summed E-state index contributed by atoms with van der Waals surface area (Å²) in [4.78, 5) is 30.7. The molecule has 1 aliphatic rings. The Bertz CT molecular complexity index is 988. The summed E-state index contributed by atoms with van der Waals surface area (Å²) in [6, 6.07) is 13.7. The third kappa shape index (κ3) is 3.85. The number of rotatable bonds is 2. The summed E-state index contributed by atoms with van der Waals surface area (Å²) >= 11 is 1.65. The van der Waals surface area contributed by atoms with Crippen LogP contribution in [0.3, 0.4) is 0 Å². The number of hydrogen-bond donors (Lipinski definition) is 1. The Morgan fingerprint density at radius 3 is 2.52 bits per heavy atom. The lowest BCUT2D eigenvalue weighted by Gasteiger charge is -2.25. The molecule has 0 atom stereocenters. The van der Waals surface area contributed by atoms with Crippen molar-refractivity contribution < 1.29 is 9.59 Å². The number of thiazole rings is 1. The SMILES string of the molecule is Cc1ccc2nc(-c3ccc(NC(=O)C(=O)N4CCCCC4)cc3)sc2c1. The quantitative estimate of drug-likeness (QED) is 0.678. The van der Waals surface area contributed by atoms with Gasteiger partial charge < -0.3 is 10.2 Å².